The number of carbonyl (C=O) groups excluding carboxylic acids is 4. The number of nitrogens with one attached hydrogen (secondary N) is 1. The molecule has 294 valence electrons. The van der Waals surface area contributed by atoms with E-state index in [1.54, 1.807) is 0 Å². The fraction of sp³-hybridized carbons (Fsp3) is 0.417. The Morgan fingerprint density at radius 1 is 0.667 bits per heavy atom. The monoisotopic (exact) mass is 764 g/mol. The fourth-order valence-corrected chi connectivity index (χ4v) is 10.4. The quantitative estimate of drug-likeness (QED) is 0.118. The molecule has 0 bridgehead atoms. The van der Waals surface area contributed by atoms with E-state index in [9.17, 15) is 24.3 Å². The van der Waals surface area contributed by atoms with Gasteiger partial charge in [0.05, 0.1) is 11.1 Å². The van der Waals surface area contributed by atoms with Gasteiger partial charge in [0.15, 0.2) is 0 Å². The van der Waals surface area contributed by atoms with Crippen molar-refractivity contribution in [3.05, 3.63) is 129 Å². The van der Waals surface area contributed by atoms with Crippen LogP contribution in [0.1, 0.15) is 130 Å². The molecule has 57 heavy (non-hydrogen) atoms. The zero-order valence-electron chi connectivity index (χ0n) is 32.6. The summed E-state index contributed by atoms with van der Waals surface area (Å²) >= 11 is 0. The number of benzene rings is 4. The van der Waals surface area contributed by atoms with E-state index in [4.69, 9.17) is 0 Å². The summed E-state index contributed by atoms with van der Waals surface area (Å²) in [6.07, 6.45) is 10.9. The van der Waals surface area contributed by atoms with E-state index in [0.29, 0.717) is 22.8 Å². The highest BCUT2D eigenvalue weighted by molar-refractivity contribution is 6.23. The van der Waals surface area contributed by atoms with E-state index in [1.165, 1.54) is 66.5 Å². The van der Waals surface area contributed by atoms with Crippen LogP contribution in [-0.4, -0.2) is 64.2 Å². The van der Waals surface area contributed by atoms with Crippen LogP contribution in [0.2, 0.25) is 0 Å². The standard InChI is InChI=1S/C48H52N4O5/c53-38-16-18-40-34(26-38)13-17-39(32-9-5-3-6-10-32)45(40)33-11-14-37(15-12-33)51-24-21-31(22-25-51)8-4-1-2-7-23-50-29-35-27-41-42(28-36(35)30-50)48(57)52(47(41)56)43-19-20-44(54)49-46(43)55/h3,5-6,9-12,14-16,18,26-28,31,39,43,45,53H,1-2,4,7-8,13,17,19-25,29-30H2,(H,49,54,55)/t39-,43?,45+/m1/s1. The summed E-state index contributed by atoms with van der Waals surface area (Å²) in [7, 11) is 0. The van der Waals surface area contributed by atoms with Crippen molar-refractivity contribution in [2.24, 2.45) is 5.92 Å². The van der Waals surface area contributed by atoms with Gasteiger partial charge in [-0.05, 0) is 127 Å². The van der Waals surface area contributed by atoms with Gasteiger partial charge in [-0.3, -0.25) is 34.3 Å². The molecule has 4 heterocycles. The Morgan fingerprint density at radius 3 is 2.07 bits per heavy atom. The first-order chi connectivity index (χ1) is 27.8. The predicted octanol–water partition coefficient (Wildman–Crippen LogP) is 7.84. The maximum absolute atomic E-state index is 13.2. The van der Waals surface area contributed by atoms with Crippen LogP contribution in [0.5, 0.6) is 5.75 Å². The van der Waals surface area contributed by atoms with Crippen molar-refractivity contribution >= 4 is 29.3 Å². The van der Waals surface area contributed by atoms with Crippen LogP contribution >= 0.6 is 0 Å². The molecule has 2 fully saturated rings. The van der Waals surface area contributed by atoms with Crippen LogP contribution in [0.15, 0.2) is 84.9 Å². The molecule has 0 radical (unpaired) electrons. The molecule has 4 aromatic rings. The number of phenolic OH excluding ortho intramolecular Hbond substituents is 1. The van der Waals surface area contributed by atoms with Crippen molar-refractivity contribution in [3.63, 3.8) is 0 Å². The Morgan fingerprint density at radius 2 is 1.37 bits per heavy atom. The van der Waals surface area contributed by atoms with Gasteiger partial charge in [0.1, 0.15) is 11.8 Å². The number of piperidine rings is 2. The van der Waals surface area contributed by atoms with E-state index in [0.717, 1.165) is 73.9 Å². The largest absolute Gasteiger partial charge is 0.508 e. The molecule has 4 amide bonds. The Bertz CT molecular complexity index is 2130. The summed E-state index contributed by atoms with van der Waals surface area (Å²) in [6.45, 7) is 4.72. The van der Waals surface area contributed by atoms with Gasteiger partial charge in [-0.25, -0.2) is 0 Å². The number of rotatable bonds is 11. The van der Waals surface area contributed by atoms with Crippen LogP contribution in [-0.2, 0) is 29.1 Å². The lowest BCUT2D eigenvalue weighted by Crippen LogP contribution is -2.54. The van der Waals surface area contributed by atoms with Crippen molar-refractivity contribution in [2.75, 3.05) is 24.5 Å². The van der Waals surface area contributed by atoms with Crippen molar-refractivity contribution in [1.29, 1.82) is 0 Å². The van der Waals surface area contributed by atoms with Gasteiger partial charge in [0, 0.05) is 44.2 Å². The van der Waals surface area contributed by atoms with E-state index >= 15 is 0 Å². The van der Waals surface area contributed by atoms with Gasteiger partial charge < -0.3 is 10.0 Å². The van der Waals surface area contributed by atoms with E-state index in [1.807, 2.05) is 24.3 Å². The van der Waals surface area contributed by atoms with Gasteiger partial charge in [-0.1, -0.05) is 74.2 Å². The minimum absolute atomic E-state index is 0.119. The first-order valence-corrected chi connectivity index (χ1v) is 21.1. The van der Waals surface area contributed by atoms with Crippen molar-refractivity contribution in [2.45, 2.75) is 102 Å². The molecule has 1 unspecified atom stereocenters. The molecule has 9 heteroatoms. The molecule has 2 saturated heterocycles. The molecule has 1 aliphatic carbocycles. The smallest absolute Gasteiger partial charge is 0.262 e. The van der Waals surface area contributed by atoms with Gasteiger partial charge in [-0.2, -0.15) is 0 Å². The summed E-state index contributed by atoms with van der Waals surface area (Å²) < 4.78 is 0. The Hall–Kier alpha value is -5.28. The maximum atomic E-state index is 13.2. The second-order valence-electron chi connectivity index (χ2n) is 17.0. The van der Waals surface area contributed by atoms with Gasteiger partial charge in [-0.15, -0.1) is 0 Å². The molecular weight excluding hydrogens is 713 g/mol. The molecule has 9 nitrogen and oxygen atoms in total. The first kappa shape index (κ1) is 37.3. The Balaban J connectivity index is 0.711. The second kappa shape index (κ2) is 15.9. The highest BCUT2D eigenvalue weighted by Crippen LogP contribution is 2.47. The number of fused-ring (bicyclic) bond motifs is 3. The number of hydrogen-bond donors (Lipinski definition) is 2. The fourth-order valence-electron chi connectivity index (χ4n) is 10.4. The SMILES string of the molecule is O=C1CCC(N2C(=O)c3cc4c(cc3C2=O)CN(CCCCCCC2CCN(c3ccc([C@@H]5c6ccc(O)cc6CC[C@@H]5c5ccccc5)cc3)CC2)C4)C(=O)N1. The third kappa shape index (κ3) is 7.50. The number of unbranched alkanes of at least 4 members (excludes halogenated alkanes) is 3. The molecule has 0 aromatic heterocycles. The molecule has 4 aromatic carbocycles. The minimum atomic E-state index is -0.934. The van der Waals surface area contributed by atoms with Crippen molar-refractivity contribution in [3.8, 4) is 5.75 Å². The van der Waals surface area contributed by atoms with Gasteiger partial charge in [0.25, 0.3) is 11.8 Å². The zero-order valence-corrected chi connectivity index (χ0v) is 32.6. The number of hydrogen-bond acceptors (Lipinski definition) is 7. The molecule has 5 aliphatic rings. The van der Waals surface area contributed by atoms with E-state index < -0.39 is 23.8 Å². The van der Waals surface area contributed by atoms with Crippen LogP contribution < -0.4 is 10.2 Å². The summed E-state index contributed by atoms with van der Waals surface area (Å²) in [5, 5.41) is 12.5. The predicted molar refractivity (Wildman–Crippen MR) is 219 cm³/mol. The average molecular weight is 765 g/mol. The minimum Gasteiger partial charge on any atom is -0.508 e. The topological polar surface area (TPSA) is 110 Å². The Kier molecular flexibility index (Phi) is 10.4. The van der Waals surface area contributed by atoms with Crippen LogP contribution in [0, 0.1) is 5.92 Å². The lowest BCUT2D eigenvalue weighted by Gasteiger charge is -2.36. The molecule has 2 N–H and O–H groups in total. The normalized spacial score (nSPS) is 22.4. The number of aryl methyl sites for hydroxylation is 1. The molecular formula is C48H52N4O5. The van der Waals surface area contributed by atoms with E-state index in [-0.39, 0.29) is 24.7 Å². The van der Waals surface area contributed by atoms with Crippen LogP contribution in [0.3, 0.4) is 0 Å². The average Bonchev–Trinajstić information content (AvgIpc) is 3.74. The summed E-state index contributed by atoms with van der Waals surface area (Å²) in [6, 6.07) is 29.0. The molecule has 4 aliphatic heterocycles. The highest BCUT2D eigenvalue weighted by atomic mass is 16.3. The lowest BCUT2D eigenvalue weighted by molar-refractivity contribution is -0.136. The second-order valence-corrected chi connectivity index (χ2v) is 17.0. The lowest BCUT2D eigenvalue weighted by atomic mass is 9.69. The number of carbonyl (C=O) groups is 4. The summed E-state index contributed by atoms with van der Waals surface area (Å²) in [5.74, 6) is -0.00727. The zero-order chi connectivity index (χ0) is 39.0. The third-order valence-corrected chi connectivity index (χ3v) is 13.4. The number of aromatic hydroxyl groups is 1. The molecule has 3 atom stereocenters. The number of amides is 4. The van der Waals surface area contributed by atoms with Gasteiger partial charge in [0.2, 0.25) is 11.8 Å². The molecule has 9 rings (SSSR count). The number of anilines is 1. The van der Waals surface area contributed by atoms with Crippen LogP contribution in [0.4, 0.5) is 5.69 Å². The molecule has 0 saturated carbocycles. The first-order valence-electron chi connectivity index (χ1n) is 21.1. The number of imide groups is 2. The van der Waals surface area contributed by atoms with Crippen molar-refractivity contribution in [1.82, 2.24) is 15.1 Å². The highest BCUT2D eigenvalue weighted by Gasteiger charge is 2.45. The van der Waals surface area contributed by atoms with Gasteiger partial charge >= 0.3 is 0 Å². The number of phenols is 1. The summed E-state index contributed by atoms with van der Waals surface area (Å²) in [5.41, 5.74) is 9.55. The van der Waals surface area contributed by atoms with E-state index in [2.05, 4.69) is 75.8 Å². The summed E-state index contributed by atoms with van der Waals surface area (Å²) in [4.78, 5) is 56.5. The third-order valence-electron chi connectivity index (χ3n) is 13.4. The maximum Gasteiger partial charge on any atom is 0.262 e. The van der Waals surface area contributed by atoms with Crippen LogP contribution in [0.25, 0.3) is 0 Å². The molecule has 0 spiro atoms. The Labute approximate surface area is 335 Å². The number of nitrogens with zero attached hydrogens (tertiary/aromatic N) is 3. The van der Waals surface area contributed by atoms with Crippen molar-refractivity contribution < 1.29 is 24.3 Å².